The summed E-state index contributed by atoms with van der Waals surface area (Å²) in [6, 6.07) is 1.11. The third-order valence-electron chi connectivity index (χ3n) is 5.06. The van der Waals surface area contributed by atoms with Crippen LogP contribution in [0.3, 0.4) is 0 Å². The standard InChI is InChI=1S/C21H19B2ClF2N4O4.C2H6/c1-10-8-27-14(19(31)29(3)33-4)7-15(10)30-11(2)5-16(17(24)20(30)32)34-21(22,23)18-13(26)6-12(25)9-28-18;1-2/h5-9,14,27H,1-4H3;1-2H3. The van der Waals surface area contributed by atoms with Crippen molar-refractivity contribution in [2.75, 3.05) is 14.2 Å². The Bertz CT molecular complexity index is 1270. The lowest BCUT2D eigenvalue weighted by Crippen LogP contribution is -2.43. The number of likely N-dealkylation sites (N-methyl/N-ethyl adjacent to an activating group) is 1. The molecule has 2 aromatic rings. The molecule has 36 heavy (non-hydrogen) atoms. The summed E-state index contributed by atoms with van der Waals surface area (Å²) >= 11 is 6.27. The Morgan fingerprint density at radius 2 is 1.92 bits per heavy atom. The summed E-state index contributed by atoms with van der Waals surface area (Å²) in [6.45, 7) is 7.32. The predicted octanol–water partition coefficient (Wildman–Crippen LogP) is 2.77. The fourth-order valence-electron chi connectivity index (χ4n) is 3.29. The Kier molecular flexibility index (Phi) is 9.50. The highest BCUT2D eigenvalue weighted by Gasteiger charge is 2.30. The van der Waals surface area contributed by atoms with Crippen LogP contribution in [0.4, 0.5) is 8.78 Å². The van der Waals surface area contributed by atoms with Crippen molar-refractivity contribution in [2.24, 2.45) is 0 Å². The summed E-state index contributed by atoms with van der Waals surface area (Å²) < 4.78 is 34.0. The van der Waals surface area contributed by atoms with E-state index in [1.165, 1.54) is 24.8 Å². The first kappa shape index (κ1) is 29.1. The van der Waals surface area contributed by atoms with Crippen LogP contribution < -0.4 is 15.6 Å². The molecule has 3 rings (SSSR count). The number of hydrogen-bond acceptors (Lipinski definition) is 6. The predicted molar refractivity (Wildman–Crippen MR) is 134 cm³/mol. The Balaban J connectivity index is 0.00000222. The highest BCUT2D eigenvalue weighted by molar-refractivity contribution is 6.39. The second-order valence-corrected chi connectivity index (χ2v) is 7.90. The van der Waals surface area contributed by atoms with E-state index in [2.05, 4.69) is 10.3 Å². The first-order valence-electron chi connectivity index (χ1n) is 10.8. The van der Waals surface area contributed by atoms with Gasteiger partial charge in [-0.1, -0.05) is 25.4 Å². The molecule has 1 N–H and O–H groups in total. The molecule has 4 radical (unpaired) electrons. The van der Waals surface area contributed by atoms with Crippen molar-refractivity contribution in [3.8, 4) is 5.75 Å². The van der Waals surface area contributed by atoms with Gasteiger partial charge in [0, 0.05) is 31.1 Å². The molecule has 0 saturated carbocycles. The summed E-state index contributed by atoms with van der Waals surface area (Å²) in [4.78, 5) is 34.1. The first-order chi connectivity index (χ1) is 16.9. The highest BCUT2D eigenvalue weighted by atomic mass is 35.5. The molecule has 0 aliphatic carbocycles. The Morgan fingerprint density at radius 1 is 1.28 bits per heavy atom. The topological polar surface area (TPSA) is 85.7 Å². The second kappa shape index (κ2) is 11.7. The number of aromatic nitrogens is 2. The van der Waals surface area contributed by atoms with Gasteiger partial charge >= 0.3 is 0 Å². The van der Waals surface area contributed by atoms with Gasteiger partial charge in [0.1, 0.15) is 49.8 Å². The van der Waals surface area contributed by atoms with Gasteiger partial charge in [-0.05, 0) is 25.5 Å². The maximum absolute atomic E-state index is 14.1. The molecular weight excluding hydrogens is 491 g/mol. The van der Waals surface area contributed by atoms with E-state index in [-0.39, 0.29) is 5.75 Å². The van der Waals surface area contributed by atoms with E-state index < -0.39 is 45.3 Å². The number of aryl methyl sites for hydroxylation is 1. The maximum Gasteiger partial charge on any atom is 0.277 e. The minimum absolute atomic E-state index is 0.237. The van der Waals surface area contributed by atoms with Crippen molar-refractivity contribution in [2.45, 2.75) is 39.1 Å². The van der Waals surface area contributed by atoms with Crippen molar-refractivity contribution in [3.05, 3.63) is 74.6 Å². The number of pyridine rings is 2. The number of hydrogen-bond donors (Lipinski definition) is 1. The van der Waals surface area contributed by atoms with Crippen LogP contribution in [-0.4, -0.2) is 56.4 Å². The van der Waals surface area contributed by atoms with Crippen molar-refractivity contribution >= 4 is 38.9 Å². The number of nitrogens with zero attached hydrogens (tertiary/aromatic N) is 3. The highest BCUT2D eigenvalue weighted by Crippen LogP contribution is 2.31. The summed E-state index contributed by atoms with van der Waals surface area (Å²) in [5.41, 5.74) is 0.0987. The number of amides is 1. The summed E-state index contributed by atoms with van der Waals surface area (Å²) in [7, 11) is 14.5. The van der Waals surface area contributed by atoms with E-state index in [1.54, 1.807) is 26.1 Å². The van der Waals surface area contributed by atoms with Crippen LogP contribution in [0.15, 0.2) is 41.0 Å². The van der Waals surface area contributed by atoms with Crippen LogP contribution in [0, 0.1) is 18.6 Å². The van der Waals surface area contributed by atoms with E-state index >= 15 is 0 Å². The lowest BCUT2D eigenvalue weighted by Gasteiger charge is -2.29. The van der Waals surface area contributed by atoms with Crippen molar-refractivity contribution in [3.63, 3.8) is 0 Å². The Hall–Kier alpha value is -3.11. The van der Waals surface area contributed by atoms with E-state index in [0.717, 1.165) is 11.3 Å². The minimum Gasteiger partial charge on any atom is -0.499 e. The lowest BCUT2D eigenvalue weighted by atomic mass is 9.62. The molecule has 8 nitrogen and oxygen atoms in total. The van der Waals surface area contributed by atoms with Gasteiger partial charge in [0.05, 0.1) is 24.4 Å². The quantitative estimate of drug-likeness (QED) is 0.470. The molecule has 1 amide bonds. The van der Waals surface area contributed by atoms with Gasteiger partial charge in [-0.15, -0.1) is 0 Å². The molecule has 1 unspecified atom stereocenters. The summed E-state index contributed by atoms with van der Waals surface area (Å²) in [6.07, 6.45) is 3.85. The molecule has 3 heterocycles. The number of rotatable bonds is 6. The number of carbonyl (C=O) groups is 1. The molecule has 1 aliphatic heterocycles. The molecule has 1 aliphatic rings. The number of nitrogens with one attached hydrogen (secondary N) is 1. The SMILES string of the molecule is CC.[B]C([B])(Oc1cc(C)n(C2=CC(C(=O)N(C)OC)NC=C2C)c(=O)c1Cl)c1ncc(F)cc1F. The molecule has 0 aromatic carbocycles. The van der Waals surface area contributed by atoms with Crippen molar-refractivity contribution < 1.29 is 23.1 Å². The van der Waals surface area contributed by atoms with E-state index in [4.69, 9.17) is 36.9 Å². The van der Waals surface area contributed by atoms with Crippen LogP contribution in [0.5, 0.6) is 5.75 Å². The fraction of sp³-hybridized carbons (Fsp3) is 0.348. The van der Waals surface area contributed by atoms with Crippen LogP contribution in [0.1, 0.15) is 32.2 Å². The molecule has 0 fully saturated rings. The Morgan fingerprint density at radius 3 is 2.50 bits per heavy atom. The van der Waals surface area contributed by atoms with E-state index in [1.807, 2.05) is 13.8 Å². The zero-order valence-electron chi connectivity index (χ0n) is 20.7. The summed E-state index contributed by atoms with van der Waals surface area (Å²) in [5.74, 6) is -2.70. The molecule has 0 bridgehead atoms. The van der Waals surface area contributed by atoms with Crippen LogP contribution in [0.2, 0.25) is 5.02 Å². The third kappa shape index (κ3) is 5.99. The van der Waals surface area contributed by atoms with Crippen LogP contribution >= 0.6 is 11.6 Å². The third-order valence-corrected chi connectivity index (χ3v) is 5.40. The van der Waals surface area contributed by atoms with Crippen LogP contribution in [-0.2, 0) is 15.0 Å². The lowest BCUT2D eigenvalue weighted by molar-refractivity contribution is -0.169. The molecular formula is C23H25B2ClF2N4O4. The normalized spacial score (nSPS) is 15.1. The number of carbonyl (C=O) groups excluding carboxylic acids is 1. The largest absolute Gasteiger partial charge is 0.499 e. The first-order valence-corrected chi connectivity index (χ1v) is 11.2. The van der Waals surface area contributed by atoms with Gasteiger partial charge in [0.2, 0.25) is 0 Å². The number of dihydropyridines is 1. The zero-order chi connectivity index (χ0) is 27.4. The van der Waals surface area contributed by atoms with Gasteiger partial charge in [-0.2, -0.15) is 0 Å². The molecule has 0 spiro atoms. The second-order valence-electron chi connectivity index (χ2n) is 7.53. The summed E-state index contributed by atoms with van der Waals surface area (Å²) in [5, 5.41) is 1.20. The van der Waals surface area contributed by atoms with Gasteiger partial charge in [0.25, 0.3) is 11.5 Å². The monoisotopic (exact) mass is 516 g/mol. The number of ether oxygens (including phenoxy) is 1. The van der Waals surface area contributed by atoms with Crippen molar-refractivity contribution in [1.29, 1.82) is 0 Å². The molecule has 188 valence electrons. The maximum atomic E-state index is 14.1. The average Bonchev–Trinajstić information content (AvgIpc) is 2.83. The van der Waals surface area contributed by atoms with Gasteiger partial charge in [0.15, 0.2) is 0 Å². The van der Waals surface area contributed by atoms with Gasteiger partial charge in [-0.3, -0.25) is 24.0 Å². The van der Waals surface area contributed by atoms with Crippen molar-refractivity contribution in [1.82, 2.24) is 19.9 Å². The minimum atomic E-state index is -2.36. The molecule has 13 heteroatoms. The molecule has 2 aromatic heterocycles. The van der Waals surface area contributed by atoms with E-state index in [9.17, 15) is 18.4 Å². The average molecular weight is 517 g/mol. The van der Waals surface area contributed by atoms with Gasteiger partial charge in [-0.25, -0.2) is 13.8 Å². The van der Waals surface area contributed by atoms with Crippen LogP contribution in [0.25, 0.3) is 5.70 Å². The van der Waals surface area contributed by atoms with Gasteiger partial charge < -0.3 is 10.1 Å². The fourth-order valence-corrected chi connectivity index (χ4v) is 3.47. The number of allylic oxidation sites excluding steroid dienone is 2. The smallest absolute Gasteiger partial charge is 0.277 e. The number of halogens is 3. The molecule has 0 saturated heterocycles. The number of hydroxylamine groups is 2. The Labute approximate surface area is 215 Å². The molecule has 1 atom stereocenters. The zero-order valence-corrected chi connectivity index (χ0v) is 21.5. The van der Waals surface area contributed by atoms with E-state index in [0.29, 0.717) is 23.0 Å².